The lowest BCUT2D eigenvalue weighted by atomic mass is 10.0. The summed E-state index contributed by atoms with van der Waals surface area (Å²) in [5.74, 6) is -0.811. The maximum absolute atomic E-state index is 11.8. The predicted octanol–water partition coefficient (Wildman–Crippen LogP) is 2.74. The molecule has 0 aliphatic heterocycles. The van der Waals surface area contributed by atoms with Gasteiger partial charge in [0.05, 0.1) is 6.04 Å². The molecule has 0 aliphatic carbocycles. The molecule has 0 saturated carbocycles. The van der Waals surface area contributed by atoms with Crippen molar-refractivity contribution in [1.29, 1.82) is 0 Å². The SMILES string of the molecule is CC(C)(C)OC(=O)[C@H](O)[C@@H](N=[N+]=[N-])c1ccccc1. The van der Waals surface area contributed by atoms with E-state index in [-0.39, 0.29) is 0 Å². The number of benzene rings is 1. The van der Waals surface area contributed by atoms with Crippen LogP contribution in [0.4, 0.5) is 0 Å². The van der Waals surface area contributed by atoms with Gasteiger partial charge in [0.25, 0.3) is 0 Å². The number of carbonyl (C=O) groups is 1. The second-order valence-corrected chi connectivity index (χ2v) is 5.04. The maximum atomic E-state index is 11.8. The Kier molecular flexibility index (Phi) is 4.92. The Morgan fingerprint density at radius 1 is 1.37 bits per heavy atom. The third-order valence-corrected chi connectivity index (χ3v) is 2.26. The summed E-state index contributed by atoms with van der Waals surface area (Å²) in [5.41, 5.74) is 8.40. The molecule has 0 bridgehead atoms. The summed E-state index contributed by atoms with van der Waals surface area (Å²) >= 11 is 0. The van der Waals surface area contributed by atoms with Gasteiger partial charge in [-0.2, -0.15) is 0 Å². The minimum atomic E-state index is -1.53. The number of aliphatic hydroxyl groups excluding tert-OH is 1. The van der Waals surface area contributed by atoms with Crippen LogP contribution in [0.25, 0.3) is 10.4 Å². The largest absolute Gasteiger partial charge is 0.458 e. The Bertz CT molecular complexity index is 476. The highest BCUT2D eigenvalue weighted by atomic mass is 16.6. The minimum Gasteiger partial charge on any atom is -0.458 e. The highest BCUT2D eigenvalue weighted by Gasteiger charge is 2.30. The first kappa shape index (κ1) is 15.0. The molecule has 1 aromatic carbocycles. The van der Waals surface area contributed by atoms with Gasteiger partial charge in [0.2, 0.25) is 0 Å². The number of ether oxygens (including phenoxy) is 1. The monoisotopic (exact) mass is 263 g/mol. The predicted molar refractivity (Wildman–Crippen MR) is 70.2 cm³/mol. The van der Waals surface area contributed by atoms with Gasteiger partial charge in [-0.25, -0.2) is 4.79 Å². The fourth-order valence-electron chi connectivity index (χ4n) is 1.51. The molecule has 0 unspecified atom stereocenters. The maximum Gasteiger partial charge on any atom is 0.336 e. The molecule has 6 nitrogen and oxygen atoms in total. The van der Waals surface area contributed by atoms with Crippen molar-refractivity contribution in [2.24, 2.45) is 5.11 Å². The molecule has 1 N–H and O–H groups in total. The Hall–Kier alpha value is -2.04. The van der Waals surface area contributed by atoms with Gasteiger partial charge in [0.1, 0.15) is 5.60 Å². The van der Waals surface area contributed by atoms with Crippen molar-refractivity contribution < 1.29 is 14.6 Å². The van der Waals surface area contributed by atoms with Crippen LogP contribution in [0.15, 0.2) is 35.4 Å². The molecule has 0 fully saturated rings. The average molecular weight is 263 g/mol. The van der Waals surface area contributed by atoms with E-state index in [1.54, 1.807) is 51.1 Å². The van der Waals surface area contributed by atoms with Crippen molar-refractivity contribution in [3.63, 3.8) is 0 Å². The number of nitrogens with zero attached hydrogens (tertiary/aromatic N) is 3. The molecule has 0 amide bonds. The van der Waals surface area contributed by atoms with Crippen LogP contribution in [0.1, 0.15) is 32.4 Å². The normalized spacial score (nSPS) is 14.1. The molecule has 19 heavy (non-hydrogen) atoms. The number of rotatable bonds is 4. The van der Waals surface area contributed by atoms with Crippen molar-refractivity contribution in [3.8, 4) is 0 Å². The number of hydrogen-bond acceptors (Lipinski definition) is 4. The van der Waals surface area contributed by atoms with E-state index in [9.17, 15) is 9.90 Å². The first-order valence-corrected chi connectivity index (χ1v) is 5.85. The van der Waals surface area contributed by atoms with Crippen LogP contribution in [0.2, 0.25) is 0 Å². The summed E-state index contributed by atoms with van der Waals surface area (Å²) in [6.07, 6.45) is -1.53. The number of azide groups is 1. The summed E-state index contributed by atoms with van der Waals surface area (Å²) in [6.45, 7) is 5.09. The lowest BCUT2D eigenvalue weighted by Crippen LogP contribution is -2.34. The van der Waals surface area contributed by atoms with Crippen molar-refractivity contribution in [2.75, 3.05) is 0 Å². The molecule has 0 spiro atoms. The third kappa shape index (κ3) is 4.62. The number of aliphatic hydroxyl groups is 1. The fraction of sp³-hybridized carbons (Fsp3) is 0.462. The summed E-state index contributed by atoms with van der Waals surface area (Å²) in [6, 6.07) is 7.60. The van der Waals surface area contributed by atoms with E-state index in [0.717, 1.165) is 0 Å². The Balaban J connectivity index is 2.94. The molecule has 2 atom stereocenters. The molecule has 0 aliphatic rings. The van der Waals surface area contributed by atoms with Crippen LogP contribution in [0.5, 0.6) is 0 Å². The molecule has 1 aromatic rings. The minimum absolute atomic E-state index is 0.554. The van der Waals surface area contributed by atoms with Crippen LogP contribution in [-0.4, -0.2) is 22.8 Å². The van der Waals surface area contributed by atoms with Gasteiger partial charge in [0.15, 0.2) is 6.10 Å². The van der Waals surface area contributed by atoms with Crippen molar-refractivity contribution in [3.05, 3.63) is 46.3 Å². The van der Waals surface area contributed by atoms with E-state index < -0.39 is 23.7 Å². The smallest absolute Gasteiger partial charge is 0.336 e. The molecule has 6 heteroatoms. The summed E-state index contributed by atoms with van der Waals surface area (Å²) in [4.78, 5) is 14.5. The number of carbonyl (C=O) groups excluding carboxylic acids is 1. The number of hydrogen-bond donors (Lipinski definition) is 1. The van der Waals surface area contributed by atoms with Crippen molar-refractivity contribution in [1.82, 2.24) is 0 Å². The number of esters is 1. The van der Waals surface area contributed by atoms with E-state index in [4.69, 9.17) is 10.3 Å². The van der Waals surface area contributed by atoms with Gasteiger partial charge in [-0.15, -0.1) is 0 Å². The van der Waals surface area contributed by atoms with Gasteiger partial charge in [-0.05, 0) is 31.9 Å². The Morgan fingerprint density at radius 3 is 2.42 bits per heavy atom. The van der Waals surface area contributed by atoms with Crippen LogP contribution < -0.4 is 0 Å². The van der Waals surface area contributed by atoms with E-state index >= 15 is 0 Å². The summed E-state index contributed by atoms with van der Waals surface area (Å²) in [7, 11) is 0. The van der Waals surface area contributed by atoms with Crippen LogP contribution in [0.3, 0.4) is 0 Å². The van der Waals surface area contributed by atoms with E-state index in [0.29, 0.717) is 5.56 Å². The van der Waals surface area contributed by atoms with Crippen LogP contribution in [0, 0.1) is 0 Å². The summed E-state index contributed by atoms with van der Waals surface area (Å²) in [5, 5.41) is 13.5. The highest BCUT2D eigenvalue weighted by molar-refractivity contribution is 5.76. The average Bonchev–Trinajstić information content (AvgIpc) is 2.34. The van der Waals surface area contributed by atoms with Crippen molar-refractivity contribution >= 4 is 5.97 Å². The topological polar surface area (TPSA) is 95.3 Å². The molecular weight excluding hydrogens is 246 g/mol. The van der Waals surface area contributed by atoms with Gasteiger partial charge in [-0.3, -0.25) is 0 Å². The zero-order valence-corrected chi connectivity index (χ0v) is 11.1. The van der Waals surface area contributed by atoms with E-state index in [1.165, 1.54) is 0 Å². The molecule has 0 radical (unpaired) electrons. The second-order valence-electron chi connectivity index (χ2n) is 5.04. The zero-order chi connectivity index (χ0) is 14.5. The quantitative estimate of drug-likeness (QED) is 0.391. The molecule has 102 valence electrons. The van der Waals surface area contributed by atoms with E-state index in [2.05, 4.69) is 10.0 Å². The van der Waals surface area contributed by atoms with Gasteiger partial charge < -0.3 is 9.84 Å². The zero-order valence-electron chi connectivity index (χ0n) is 11.1. The summed E-state index contributed by atoms with van der Waals surface area (Å²) < 4.78 is 5.08. The van der Waals surface area contributed by atoms with Gasteiger partial charge in [0, 0.05) is 4.91 Å². The molecule has 1 rings (SSSR count). The standard InChI is InChI=1S/C13H17N3O3/c1-13(2,3)19-12(18)11(17)10(15-16-14)9-7-5-4-6-8-9/h4-8,10-11,17H,1-3H3/t10-,11+/m0/s1. The van der Waals surface area contributed by atoms with Gasteiger partial charge in [-0.1, -0.05) is 35.4 Å². The van der Waals surface area contributed by atoms with Gasteiger partial charge >= 0.3 is 5.97 Å². The molecule has 0 aromatic heterocycles. The van der Waals surface area contributed by atoms with Crippen LogP contribution >= 0.6 is 0 Å². The van der Waals surface area contributed by atoms with E-state index in [1.807, 2.05) is 0 Å². The van der Waals surface area contributed by atoms with Crippen molar-refractivity contribution in [2.45, 2.75) is 38.5 Å². The second kappa shape index (κ2) is 6.22. The third-order valence-electron chi connectivity index (χ3n) is 2.26. The lowest BCUT2D eigenvalue weighted by Gasteiger charge is -2.24. The lowest BCUT2D eigenvalue weighted by molar-refractivity contribution is -0.166. The Morgan fingerprint density at radius 2 is 1.95 bits per heavy atom. The highest BCUT2D eigenvalue weighted by Crippen LogP contribution is 2.23. The fourth-order valence-corrected chi connectivity index (χ4v) is 1.51. The molecule has 0 saturated heterocycles. The molecular formula is C13H17N3O3. The molecule has 0 heterocycles. The van der Waals surface area contributed by atoms with Crippen LogP contribution in [-0.2, 0) is 9.53 Å². The first-order chi connectivity index (χ1) is 8.85. The first-order valence-electron chi connectivity index (χ1n) is 5.85. The Labute approximate surface area is 111 Å².